The van der Waals surface area contributed by atoms with Crippen molar-refractivity contribution in [2.75, 3.05) is 46.5 Å². The molecule has 1 aliphatic rings. The van der Waals surface area contributed by atoms with Gasteiger partial charge in [-0.15, -0.1) is 0 Å². The zero-order chi connectivity index (χ0) is 58.4. The number of nitrogens with two attached hydrogens (primary N) is 1. The lowest BCUT2D eigenvalue weighted by atomic mass is 9.83. The molecule has 2 rings (SSSR count). The van der Waals surface area contributed by atoms with Gasteiger partial charge in [-0.1, -0.05) is 110 Å². The van der Waals surface area contributed by atoms with E-state index in [2.05, 4.69) is 43.8 Å². The number of aliphatic imine (C=N–C) groups is 1. The molecule has 1 aliphatic carbocycles. The smallest absolute Gasteiger partial charge is 0.414 e. The average Bonchev–Trinajstić information content (AvgIpc) is 3.36. The fourth-order valence-corrected chi connectivity index (χ4v) is 8.49. The van der Waals surface area contributed by atoms with Crippen LogP contribution in [0.15, 0.2) is 35.3 Å². The highest BCUT2D eigenvalue weighted by molar-refractivity contribution is 6.01. The molecule has 0 heterocycles. The number of carbonyl (C=O) groups excluding carboxylic acids is 8. The summed E-state index contributed by atoms with van der Waals surface area (Å²) in [7, 11) is 1.59. The molecular weight excluding hydrogens is 1010 g/mol. The van der Waals surface area contributed by atoms with Gasteiger partial charge in [0.1, 0.15) is 35.9 Å². The van der Waals surface area contributed by atoms with Crippen molar-refractivity contribution in [3.63, 3.8) is 0 Å². The summed E-state index contributed by atoms with van der Waals surface area (Å²) >= 11 is 0. The highest BCUT2D eigenvalue weighted by atomic mass is 16.6. The third-order valence-electron chi connectivity index (χ3n) is 12.6. The molecular formula is C56H95N9O13. The number of ether oxygens (including phenoxy) is 5. The number of nitrogens with zero attached hydrogens (tertiary/aromatic N) is 2. The summed E-state index contributed by atoms with van der Waals surface area (Å²) in [6.45, 7) is 20.2. The molecule has 78 heavy (non-hydrogen) atoms. The molecule has 0 spiro atoms. The number of rotatable bonds is 31. The van der Waals surface area contributed by atoms with Crippen molar-refractivity contribution in [3.05, 3.63) is 35.9 Å². The fraction of sp³-hybridized carbons (Fsp3) is 0.732. The summed E-state index contributed by atoms with van der Waals surface area (Å²) in [5.41, 5.74) is 4.90. The summed E-state index contributed by atoms with van der Waals surface area (Å²) < 4.78 is 27.9. The number of alkyl carbamates (subject to hydrolysis) is 3. The van der Waals surface area contributed by atoms with Crippen LogP contribution in [-0.2, 0) is 54.3 Å². The normalized spacial score (nSPS) is 15.2. The van der Waals surface area contributed by atoms with E-state index in [1.54, 1.807) is 74.6 Å². The van der Waals surface area contributed by atoms with E-state index in [4.69, 9.17) is 29.4 Å². The number of guanidine groups is 1. The second-order valence-electron chi connectivity index (χ2n) is 22.5. The lowest BCUT2D eigenvalue weighted by Gasteiger charge is -2.36. The van der Waals surface area contributed by atoms with Crippen LogP contribution in [0.3, 0.4) is 0 Å². The van der Waals surface area contributed by atoms with E-state index in [0.29, 0.717) is 32.1 Å². The van der Waals surface area contributed by atoms with Crippen LogP contribution in [0, 0.1) is 23.7 Å². The van der Waals surface area contributed by atoms with Crippen LogP contribution in [0.5, 0.6) is 0 Å². The maximum absolute atomic E-state index is 14.5. The molecule has 442 valence electrons. The van der Waals surface area contributed by atoms with Gasteiger partial charge < -0.3 is 55.6 Å². The first kappa shape index (κ1) is 68.1. The standard InChI is InChI=1S/C56H95N9O13/c1-13-14-15-22-28-44(75-32-30-58-47(67)38(4)35-74-31-23-29-59-51(63-53(72)77-55(6,7)8)64-54(73)78-56(9,10)11)39(5)50(70)65(12)43(33-37(2)3)48(68)62-45(41-26-20-17-21-27-41)49(69)61-42(46(57)66)34-60-52(71)76-36-40-24-18-16-19-25-40/h16,18-19,24-25,37-39,41-45H,13-15,17,20-23,26-36H2,1-12H3,(H2,57,66)(H,58,67)(H,60,71)(H,61,69)(H,62,68)(H2,59,63,64,72,73)/t38-,39+,42-,43-,44+,45-/m0/s1. The number of primary amides is 1. The topological polar surface area (TPSA) is 297 Å². The largest absolute Gasteiger partial charge is 0.445 e. The highest BCUT2D eigenvalue weighted by Crippen LogP contribution is 2.28. The van der Waals surface area contributed by atoms with Gasteiger partial charge in [-0.3, -0.25) is 39.6 Å². The van der Waals surface area contributed by atoms with Crippen LogP contribution in [0.4, 0.5) is 14.4 Å². The highest BCUT2D eigenvalue weighted by Gasteiger charge is 2.38. The van der Waals surface area contributed by atoms with E-state index >= 15 is 0 Å². The van der Waals surface area contributed by atoms with Crippen LogP contribution < -0.4 is 37.6 Å². The Balaban J connectivity index is 2.07. The van der Waals surface area contributed by atoms with Crippen molar-refractivity contribution in [3.8, 4) is 0 Å². The lowest BCUT2D eigenvalue weighted by molar-refractivity contribution is -0.147. The Hall–Kier alpha value is -6.03. The minimum Gasteiger partial charge on any atom is -0.445 e. The van der Waals surface area contributed by atoms with Gasteiger partial charge in [0.05, 0.1) is 37.7 Å². The lowest BCUT2D eigenvalue weighted by Crippen LogP contribution is -2.60. The minimum atomic E-state index is -1.30. The molecule has 8 N–H and O–H groups in total. The Morgan fingerprint density at radius 3 is 1.96 bits per heavy atom. The van der Waals surface area contributed by atoms with Gasteiger partial charge in [0.25, 0.3) is 0 Å². The SMILES string of the molecule is CCCCCC[C@@H](OCCNC(=O)[C@@H](C)COCCCN=C(NC(=O)OC(C)(C)C)NC(=O)OC(C)(C)C)[C@@H](C)C(=O)N(C)[C@@H](CC(C)C)C(=O)N[C@H](C(=O)N[C@@H](CNC(=O)OCc1ccccc1)C(N)=O)C1CCCCC1. The number of hydrogen-bond donors (Lipinski definition) is 7. The number of hydrogen-bond acceptors (Lipinski definition) is 14. The van der Waals surface area contributed by atoms with Crippen molar-refractivity contribution in [2.24, 2.45) is 34.4 Å². The third-order valence-corrected chi connectivity index (χ3v) is 12.6. The Bertz CT molecular complexity index is 2020. The molecule has 0 saturated heterocycles. The molecule has 0 aliphatic heterocycles. The van der Waals surface area contributed by atoms with Gasteiger partial charge in [0.2, 0.25) is 35.5 Å². The molecule has 1 fully saturated rings. The van der Waals surface area contributed by atoms with Crippen LogP contribution in [0.25, 0.3) is 0 Å². The molecule has 0 aromatic heterocycles. The van der Waals surface area contributed by atoms with Gasteiger partial charge >= 0.3 is 18.3 Å². The first-order valence-electron chi connectivity index (χ1n) is 27.8. The van der Waals surface area contributed by atoms with Gasteiger partial charge in [0.15, 0.2) is 0 Å². The molecule has 1 aromatic carbocycles. The molecule has 1 saturated carbocycles. The number of likely N-dealkylation sites (N-methyl/N-ethyl adjacent to an activating group) is 1. The molecule has 22 nitrogen and oxygen atoms in total. The van der Waals surface area contributed by atoms with E-state index in [1.807, 2.05) is 32.0 Å². The van der Waals surface area contributed by atoms with Crippen molar-refractivity contribution in [1.29, 1.82) is 0 Å². The molecule has 22 heteroatoms. The van der Waals surface area contributed by atoms with E-state index in [1.165, 1.54) is 4.90 Å². The second kappa shape index (κ2) is 35.5. The average molecular weight is 1100 g/mol. The quantitative estimate of drug-likeness (QED) is 0.0184. The Morgan fingerprint density at radius 2 is 1.38 bits per heavy atom. The maximum Gasteiger partial charge on any atom is 0.414 e. The summed E-state index contributed by atoms with van der Waals surface area (Å²) in [6.07, 6.45) is 6.08. The van der Waals surface area contributed by atoms with Gasteiger partial charge in [-0.05, 0) is 91.0 Å². The molecule has 6 atom stereocenters. The van der Waals surface area contributed by atoms with E-state index in [9.17, 15) is 38.4 Å². The molecule has 0 radical (unpaired) electrons. The van der Waals surface area contributed by atoms with Gasteiger partial charge in [-0.2, -0.15) is 0 Å². The molecule has 8 amide bonds. The number of unbranched alkanes of at least 4 members (excludes halogenated alkanes) is 3. The number of carbonyl (C=O) groups is 8. The van der Waals surface area contributed by atoms with Gasteiger partial charge in [0, 0.05) is 26.7 Å². The van der Waals surface area contributed by atoms with Crippen molar-refractivity contribution < 1.29 is 62.0 Å². The van der Waals surface area contributed by atoms with Crippen molar-refractivity contribution in [1.82, 2.24) is 36.8 Å². The zero-order valence-corrected chi connectivity index (χ0v) is 48.7. The fourth-order valence-electron chi connectivity index (χ4n) is 8.49. The number of benzene rings is 1. The molecule has 1 aromatic rings. The number of nitrogens with one attached hydrogen (secondary N) is 6. The van der Waals surface area contributed by atoms with E-state index < -0.39 is 83.3 Å². The second-order valence-corrected chi connectivity index (χ2v) is 22.5. The van der Waals surface area contributed by atoms with Crippen molar-refractivity contribution in [2.45, 2.75) is 195 Å². The number of amides is 8. The first-order valence-corrected chi connectivity index (χ1v) is 27.8. The Labute approximate surface area is 463 Å². The van der Waals surface area contributed by atoms with E-state index in [0.717, 1.165) is 50.5 Å². The predicted molar refractivity (Wildman–Crippen MR) is 297 cm³/mol. The summed E-state index contributed by atoms with van der Waals surface area (Å²) in [5, 5.41) is 15.9. The van der Waals surface area contributed by atoms with E-state index in [-0.39, 0.29) is 75.7 Å². The summed E-state index contributed by atoms with van der Waals surface area (Å²) in [5.74, 6) is -4.20. The first-order chi connectivity index (χ1) is 36.7. The maximum atomic E-state index is 14.5. The van der Waals surface area contributed by atoms with Gasteiger partial charge in [-0.25, -0.2) is 14.4 Å². The van der Waals surface area contributed by atoms with Crippen LogP contribution >= 0.6 is 0 Å². The Morgan fingerprint density at radius 1 is 0.756 bits per heavy atom. The predicted octanol–water partition coefficient (Wildman–Crippen LogP) is 6.38. The monoisotopic (exact) mass is 1100 g/mol. The summed E-state index contributed by atoms with van der Waals surface area (Å²) in [4.78, 5) is 112. The van der Waals surface area contributed by atoms with Crippen LogP contribution in [-0.4, -0.2) is 141 Å². The Kier molecular flexibility index (Phi) is 31.0. The third kappa shape index (κ3) is 28.6. The summed E-state index contributed by atoms with van der Waals surface area (Å²) in [6, 6.07) is 5.73. The van der Waals surface area contributed by atoms with Crippen LogP contribution in [0.2, 0.25) is 0 Å². The minimum absolute atomic E-state index is 0.00211. The van der Waals surface area contributed by atoms with Crippen LogP contribution in [0.1, 0.15) is 159 Å². The molecule has 0 unspecified atom stereocenters. The van der Waals surface area contributed by atoms with Crippen molar-refractivity contribution >= 4 is 53.8 Å². The zero-order valence-electron chi connectivity index (χ0n) is 48.7. The molecule has 0 bridgehead atoms.